The Morgan fingerprint density at radius 3 is 2.50 bits per heavy atom. The summed E-state index contributed by atoms with van der Waals surface area (Å²) in [6, 6.07) is 13.2. The molecule has 0 unspecified atom stereocenters. The molecule has 2 rings (SSSR count). The van der Waals surface area contributed by atoms with E-state index in [1.54, 1.807) is 12.1 Å². The molecule has 0 spiro atoms. The van der Waals surface area contributed by atoms with E-state index < -0.39 is 0 Å². The van der Waals surface area contributed by atoms with E-state index in [1.165, 1.54) is 6.26 Å². The zero-order chi connectivity index (χ0) is 9.80. The van der Waals surface area contributed by atoms with Crippen LogP contribution in [0.25, 0.3) is 0 Å². The first-order valence-corrected chi connectivity index (χ1v) is 5.88. The van der Waals surface area contributed by atoms with Crippen molar-refractivity contribution in [3.8, 4) is 0 Å². The van der Waals surface area contributed by atoms with E-state index in [1.807, 2.05) is 30.3 Å². The molecular formula is C11H8O2Se. The van der Waals surface area contributed by atoms with Crippen LogP contribution < -0.4 is 4.46 Å². The Morgan fingerprint density at radius 2 is 1.86 bits per heavy atom. The molecule has 0 atom stereocenters. The molecule has 14 heavy (non-hydrogen) atoms. The topological polar surface area (TPSA) is 30.2 Å². The van der Waals surface area contributed by atoms with Crippen LogP contribution in [0, 0.1) is 0 Å². The third-order valence-corrected chi connectivity index (χ3v) is 3.55. The molecule has 0 N–H and O–H groups in total. The maximum absolute atomic E-state index is 11.6. The van der Waals surface area contributed by atoms with Gasteiger partial charge in [0.25, 0.3) is 0 Å². The Bertz CT molecular complexity index is 406. The van der Waals surface area contributed by atoms with Crippen molar-refractivity contribution in [2.24, 2.45) is 0 Å². The zero-order valence-electron chi connectivity index (χ0n) is 7.34. The summed E-state index contributed by atoms with van der Waals surface area (Å²) in [7, 11) is 0. The van der Waals surface area contributed by atoms with Gasteiger partial charge in [-0.25, -0.2) is 0 Å². The first-order chi connectivity index (χ1) is 6.86. The van der Waals surface area contributed by atoms with Crippen LogP contribution in [-0.2, 0) is 0 Å². The van der Waals surface area contributed by atoms with E-state index in [0.29, 0.717) is 5.76 Å². The molecule has 1 heterocycles. The monoisotopic (exact) mass is 252 g/mol. The van der Waals surface area contributed by atoms with Crippen molar-refractivity contribution in [3.05, 3.63) is 54.5 Å². The van der Waals surface area contributed by atoms with Gasteiger partial charge in [-0.1, -0.05) is 0 Å². The number of carbonyl (C=O) groups excluding carboxylic acids is 1. The molecule has 1 aromatic carbocycles. The summed E-state index contributed by atoms with van der Waals surface area (Å²) in [5.74, 6) is 0.453. The summed E-state index contributed by atoms with van der Waals surface area (Å²) >= 11 is -0.181. The molecule has 70 valence electrons. The van der Waals surface area contributed by atoms with Gasteiger partial charge in [0.05, 0.1) is 0 Å². The van der Waals surface area contributed by atoms with Crippen LogP contribution in [0.15, 0.2) is 53.1 Å². The zero-order valence-corrected chi connectivity index (χ0v) is 9.06. The van der Waals surface area contributed by atoms with Gasteiger partial charge in [-0.3, -0.25) is 0 Å². The molecule has 2 nitrogen and oxygen atoms in total. The van der Waals surface area contributed by atoms with E-state index in [4.69, 9.17) is 4.42 Å². The molecule has 0 aliphatic rings. The van der Waals surface area contributed by atoms with Crippen molar-refractivity contribution in [1.82, 2.24) is 0 Å². The first kappa shape index (κ1) is 9.25. The number of hydrogen-bond donors (Lipinski definition) is 0. The van der Waals surface area contributed by atoms with Gasteiger partial charge in [0.1, 0.15) is 0 Å². The Kier molecular flexibility index (Phi) is 2.82. The van der Waals surface area contributed by atoms with Crippen LogP contribution >= 0.6 is 0 Å². The average Bonchev–Trinajstić information content (AvgIpc) is 2.72. The van der Waals surface area contributed by atoms with Crippen LogP contribution in [0.5, 0.6) is 0 Å². The molecule has 0 radical (unpaired) electrons. The van der Waals surface area contributed by atoms with Crippen LogP contribution in [0.4, 0.5) is 0 Å². The van der Waals surface area contributed by atoms with Crippen molar-refractivity contribution in [2.45, 2.75) is 0 Å². The average molecular weight is 251 g/mol. The third kappa shape index (κ3) is 2.13. The molecule has 0 saturated heterocycles. The van der Waals surface area contributed by atoms with Crippen molar-refractivity contribution in [2.75, 3.05) is 0 Å². The number of hydrogen-bond acceptors (Lipinski definition) is 2. The van der Waals surface area contributed by atoms with Crippen LogP contribution in [0.2, 0.25) is 0 Å². The molecule has 0 bridgehead atoms. The van der Waals surface area contributed by atoms with Gasteiger partial charge in [-0.05, 0) is 0 Å². The summed E-state index contributed by atoms with van der Waals surface area (Å²) in [5.41, 5.74) is 0. The summed E-state index contributed by atoms with van der Waals surface area (Å²) in [6.07, 6.45) is 1.52. The fraction of sp³-hybridized carbons (Fsp3) is 0. The Morgan fingerprint density at radius 1 is 1.07 bits per heavy atom. The predicted octanol–water partition coefficient (Wildman–Crippen LogP) is 1.45. The van der Waals surface area contributed by atoms with Crippen molar-refractivity contribution >= 4 is 24.1 Å². The Labute approximate surface area is 88.1 Å². The summed E-state index contributed by atoms with van der Waals surface area (Å²) in [6.45, 7) is 0. The number of furan rings is 1. The second kappa shape index (κ2) is 4.27. The molecule has 0 amide bonds. The van der Waals surface area contributed by atoms with Gasteiger partial charge in [0.15, 0.2) is 0 Å². The Hall–Kier alpha value is -1.31. The minimum atomic E-state index is -0.181. The minimum absolute atomic E-state index is 0.0775. The normalized spacial score (nSPS) is 10.0. The van der Waals surface area contributed by atoms with E-state index in [0.717, 1.165) is 4.46 Å². The van der Waals surface area contributed by atoms with Gasteiger partial charge in [-0.2, -0.15) is 0 Å². The molecule has 0 fully saturated rings. The maximum atomic E-state index is 11.6. The Balaban J connectivity index is 2.10. The second-order valence-corrected chi connectivity index (χ2v) is 4.88. The second-order valence-electron chi connectivity index (χ2n) is 2.68. The quantitative estimate of drug-likeness (QED) is 0.773. The van der Waals surface area contributed by atoms with E-state index in [9.17, 15) is 4.79 Å². The van der Waals surface area contributed by atoms with E-state index >= 15 is 0 Å². The molecular weight excluding hydrogens is 243 g/mol. The van der Waals surface area contributed by atoms with Crippen molar-refractivity contribution < 1.29 is 9.21 Å². The summed E-state index contributed by atoms with van der Waals surface area (Å²) in [4.78, 5) is 11.6. The summed E-state index contributed by atoms with van der Waals surface area (Å²) < 4.78 is 6.18. The van der Waals surface area contributed by atoms with Gasteiger partial charge < -0.3 is 0 Å². The fourth-order valence-corrected chi connectivity index (χ4v) is 2.56. The van der Waals surface area contributed by atoms with E-state index in [2.05, 4.69) is 0 Å². The standard InChI is InChI=1S/C11H8O2Se/c12-11(10-7-4-8-13-10)14-9-5-2-1-3-6-9/h1-8H. The third-order valence-electron chi connectivity index (χ3n) is 1.68. The molecule has 2 aromatic rings. The SMILES string of the molecule is O=C([Se]c1ccccc1)c1ccco1. The van der Waals surface area contributed by atoms with Gasteiger partial charge >= 0.3 is 87.8 Å². The van der Waals surface area contributed by atoms with Gasteiger partial charge in [0.2, 0.25) is 0 Å². The van der Waals surface area contributed by atoms with Crippen LogP contribution in [-0.4, -0.2) is 19.6 Å². The molecule has 3 heteroatoms. The van der Waals surface area contributed by atoms with Crippen molar-refractivity contribution in [3.63, 3.8) is 0 Å². The van der Waals surface area contributed by atoms with Crippen LogP contribution in [0.1, 0.15) is 10.6 Å². The molecule has 0 saturated carbocycles. The molecule has 0 aliphatic heterocycles. The van der Waals surface area contributed by atoms with Crippen molar-refractivity contribution in [1.29, 1.82) is 0 Å². The summed E-state index contributed by atoms with van der Waals surface area (Å²) in [5, 5.41) is 0. The first-order valence-electron chi connectivity index (χ1n) is 4.17. The molecule has 0 aliphatic carbocycles. The predicted molar refractivity (Wildman–Crippen MR) is 54.9 cm³/mol. The van der Waals surface area contributed by atoms with Crippen LogP contribution in [0.3, 0.4) is 0 Å². The fourth-order valence-electron chi connectivity index (χ4n) is 1.04. The molecule has 1 aromatic heterocycles. The number of rotatable bonds is 3. The number of carbonyl (C=O) groups is 1. The van der Waals surface area contributed by atoms with Gasteiger partial charge in [0, 0.05) is 0 Å². The van der Waals surface area contributed by atoms with E-state index in [-0.39, 0.29) is 19.6 Å². The number of benzene rings is 1. The van der Waals surface area contributed by atoms with Gasteiger partial charge in [-0.15, -0.1) is 0 Å².